The Balaban J connectivity index is 2.79. The molecule has 1 rings (SSSR count). The van der Waals surface area contributed by atoms with Crippen LogP contribution in [0.5, 0.6) is 0 Å². The van der Waals surface area contributed by atoms with E-state index >= 15 is 0 Å². The molecular formula is C9H17N3. The molecule has 12 heavy (non-hydrogen) atoms. The summed E-state index contributed by atoms with van der Waals surface area (Å²) in [6.45, 7) is 4.99. The molecule has 0 amide bonds. The zero-order valence-corrected chi connectivity index (χ0v) is 8.04. The summed E-state index contributed by atoms with van der Waals surface area (Å²) in [6.07, 6.45) is 3.06. The van der Waals surface area contributed by atoms with Crippen LogP contribution >= 0.6 is 0 Å². The summed E-state index contributed by atoms with van der Waals surface area (Å²) in [7, 11) is 1.95. The van der Waals surface area contributed by atoms with E-state index in [1.807, 2.05) is 17.9 Å². The van der Waals surface area contributed by atoms with Crippen molar-refractivity contribution in [1.82, 2.24) is 9.78 Å². The summed E-state index contributed by atoms with van der Waals surface area (Å²) in [4.78, 5) is 0. The Bertz CT molecular complexity index is 252. The van der Waals surface area contributed by atoms with Crippen LogP contribution in [0.25, 0.3) is 0 Å². The first-order chi connectivity index (χ1) is 5.65. The van der Waals surface area contributed by atoms with Gasteiger partial charge in [-0.1, -0.05) is 6.92 Å². The minimum Gasteiger partial charge on any atom is -0.330 e. The van der Waals surface area contributed by atoms with Gasteiger partial charge in [0.15, 0.2) is 0 Å². The topological polar surface area (TPSA) is 43.8 Å². The van der Waals surface area contributed by atoms with Crippen molar-refractivity contribution < 1.29 is 0 Å². The van der Waals surface area contributed by atoms with Crippen molar-refractivity contribution in [3.8, 4) is 0 Å². The fourth-order valence-electron chi connectivity index (χ4n) is 1.50. The van der Waals surface area contributed by atoms with Crippen LogP contribution in [-0.4, -0.2) is 16.3 Å². The Kier molecular flexibility index (Phi) is 2.87. The normalized spacial score (nSPS) is 13.3. The van der Waals surface area contributed by atoms with Crippen molar-refractivity contribution in [2.75, 3.05) is 6.54 Å². The quantitative estimate of drug-likeness (QED) is 0.734. The van der Waals surface area contributed by atoms with Gasteiger partial charge in [0.05, 0.1) is 5.69 Å². The molecule has 1 atom stereocenters. The predicted molar refractivity (Wildman–Crippen MR) is 50.0 cm³/mol. The molecule has 0 bridgehead atoms. The van der Waals surface area contributed by atoms with Gasteiger partial charge in [0, 0.05) is 19.2 Å². The monoisotopic (exact) mass is 167 g/mol. The van der Waals surface area contributed by atoms with E-state index in [-0.39, 0.29) is 0 Å². The van der Waals surface area contributed by atoms with Crippen LogP contribution in [0.1, 0.15) is 30.5 Å². The molecule has 3 heteroatoms. The largest absolute Gasteiger partial charge is 0.330 e. The van der Waals surface area contributed by atoms with Crippen molar-refractivity contribution in [1.29, 1.82) is 0 Å². The first-order valence-corrected chi connectivity index (χ1v) is 4.35. The highest BCUT2D eigenvalue weighted by Crippen LogP contribution is 2.19. The lowest BCUT2D eigenvalue weighted by molar-refractivity contribution is 0.640. The maximum absolute atomic E-state index is 5.49. The average Bonchev–Trinajstić information content (AvgIpc) is 2.30. The van der Waals surface area contributed by atoms with Crippen LogP contribution in [0.15, 0.2) is 6.20 Å². The molecule has 1 aromatic heterocycles. The van der Waals surface area contributed by atoms with Crippen LogP contribution < -0.4 is 5.73 Å². The summed E-state index contributed by atoms with van der Waals surface area (Å²) in [5, 5.41) is 4.39. The molecule has 1 unspecified atom stereocenters. The Labute approximate surface area is 73.6 Å². The van der Waals surface area contributed by atoms with Crippen LogP contribution in [0.2, 0.25) is 0 Å². The number of nitrogens with zero attached hydrogens (tertiary/aromatic N) is 2. The highest BCUT2D eigenvalue weighted by Gasteiger charge is 2.10. The average molecular weight is 167 g/mol. The van der Waals surface area contributed by atoms with Gasteiger partial charge in [0.1, 0.15) is 0 Å². The second-order valence-corrected chi connectivity index (χ2v) is 3.35. The zero-order valence-electron chi connectivity index (χ0n) is 8.04. The van der Waals surface area contributed by atoms with Gasteiger partial charge in [-0.15, -0.1) is 0 Å². The van der Waals surface area contributed by atoms with Crippen molar-refractivity contribution >= 4 is 0 Å². The lowest BCUT2D eigenvalue weighted by atomic mass is 10.0. The number of rotatable bonds is 3. The third-order valence-corrected chi connectivity index (χ3v) is 2.12. The predicted octanol–water partition coefficient (Wildman–Crippen LogP) is 1.18. The molecule has 0 aliphatic heterocycles. The minimum atomic E-state index is 0.483. The minimum absolute atomic E-state index is 0.483. The highest BCUT2D eigenvalue weighted by molar-refractivity contribution is 5.18. The summed E-state index contributed by atoms with van der Waals surface area (Å²) in [5.74, 6) is 0.483. The van der Waals surface area contributed by atoms with E-state index in [1.54, 1.807) is 0 Å². The zero-order chi connectivity index (χ0) is 9.14. The van der Waals surface area contributed by atoms with E-state index in [0.29, 0.717) is 5.92 Å². The van der Waals surface area contributed by atoms with E-state index in [1.165, 1.54) is 11.3 Å². The van der Waals surface area contributed by atoms with Crippen LogP contribution in [0.3, 0.4) is 0 Å². The van der Waals surface area contributed by atoms with Gasteiger partial charge in [0.2, 0.25) is 0 Å². The smallest absolute Gasteiger partial charge is 0.0682 e. The van der Waals surface area contributed by atoms with E-state index in [2.05, 4.69) is 18.9 Å². The molecule has 0 radical (unpaired) electrons. The fraction of sp³-hybridized carbons (Fsp3) is 0.667. The molecule has 3 nitrogen and oxygen atoms in total. The third kappa shape index (κ3) is 1.85. The molecule has 0 aliphatic rings. The lowest BCUT2D eigenvalue weighted by Gasteiger charge is -2.06. The third-order valence-electron chi connectivity index (χ3n) is 2.12. The summed E-state index contributed by atoms with van der Waals surface area (Å²) < 4.78 is 1.86. The first-order valence-electron chi connectivity index (χ1n) is 4.35. The van der Waals surface area contributed by atoms with Crippen molar-refractivity contribution in [3.63, 3.8) is 0 Å². The van der Waals surface area contributed by atoms with Gasteiger partial charge >= 0.3 is 0 Å². The molecular weight excluding hydrogens is 150 g/mol. The van der Waals surface area contributed by atoms with Crippen LogP contribution in [-0.2, 0) is 7.05 Å². The van der Waals surface area contributed by atoms with Gasteiger partial charge in [0.25, 0.3) is 0 Å². The SMILES string of the molecule is Cc1cn(C)nc1C(C)CCN. The number of hydrogen-bond acceptors (Lipinski definition) is 2. The fourth-order valence-corrected chi connectivity index (χ4v) is 1.50. The second-order valence-electron chi connectivity index (χ2n) is 3.35. The Morgan fingerprint density at radius 1 is 1.67 bits per heavy atom. The molecule has 0 saturated carbocycles. The Morgan fingerprint density at radius 2 is 2.33 bits per heavy atom. The van der Waals surface area contributed by atoms with Crippen LogP contribution in [0, 0.1) is 6.92 Å². The van der Waals surface area contributed by atoms with Gasteiger partial charge in [-0.3, -0.25) is 4.68 Å². The van der Waals surface area contributed by atoms with Gasteiger partial charge in [-0.25, -0.2) is 0 Å². The van der Waals surface area contributed by atoms with Crippen molar-refractivity contribution in [3.05, 3.63) is 17.5 Å². The number of aromatic nitrogens is 2. The maximum atomic E-state index is 5.49. The molecule has 0 aliphatic carbocycles. The number of hydrogen-bond donors (Lipinski definition) is 1. The van der Waals surface area contributed by atoms with E-state index in [4.69, 9.17) is 5.73 Å². The number of nitrogens with two attached hydrogens (primary N) is 1. The van der Waals surface area contributed by atoms with Gasteiger partial charge < -0.3 is 5.73 Å². The van der Waals surface area contributed by atoms with Gasteiger partial charge in [-0.05, 0) is 25.5 Å². The summed E-state index contributed by atoms with van der Waals surface area (Å²) >= 11 is 0. The molecule has 1 heterocycles. The molecule has 0 aromatic carbocycles. The van der Waals surface area contributed by atoms with E-state index in [0.717, 1.165) is 13.0 Å². The molecule has 0 spiro atoms. The summed E-state index contributed by atoms with van der Waals surface area (Å²) in [6, 6.07) is 0. The van der Waals surface area contributed by atoms with Gasteiger partial charge in [-0.2, -0.15) is 5.10 Å². The molecule has 0 fully saturated rings. The standard InChI is InChI=1S/C9H17N3/c1-7(4-5-10)9-8(2)6-12(3)11-9/h6-7H,4-5,10H2,1-3H3. The second kappa shape index (κ2) is 3.72. The Hall–Kier alpha value is -0.830. The highest BCUT2D eigenvalue weighted by atomic mass is 15.3. The van der Waals surface area contributed by atoms with Crippen molar-refractivity contribution in [2.45, 2.75) is 26.2 Å². The molecule has 68 valence electrons. The van der Waals surface area contributed by atoms with E-state index < -0.39 is 0 Å². The molecule has 2 N–H and O–H groups in total. The molecule has 1 aromatic rings. The van der Waals surface area contributed by atoms with Crippen LogP contribution in [0.4, 0.5) is 0 Å². The Morgan fingerprint density at radius 3 is 2.75 bits per heavy atom. The summed E-state index contributed by atoms with van der Waals surface area (Å²) in [5.41, 5.74) is 7.93. The molecule has 0 saturated heterocycles. The first kappa shape index (κ1) is 9.26. The van der Waals surface area contributed by atoms with Crippen molar-refractivity contribution in [2.24, 2.45) is 12.8 Å². The number of aryl methyl sites for hydroxylation is 2. The maximum Gasteiger partial charge on any atom is 0.0682 e. The van der Waals surface area contributed by atoms with E-state index in [9.17, 15) is 0 Å². The lowest BCUT2D eigenvalue weighted by Crippen LogP contribution is -2.06.